The molecule has 226 valence electrons. The molecule has 0 spiro atoms. The van der Waals surface area contributed by atoms with Crippen LogP contribution in [-0.2, 0) is 41.0 Å². The third kappa shape index (κ3) is 7.09. The molecule has 2 aromatic heterocycles. The fourth-order valence-electron chi connectivity index (χ4n) is 4.04. The van der Waals surface area contributed by atoms with Gasteiger partial charge in [-0.2, -0.15) is 4.98 Å². The predicted molar refractivity (Wildman–Crippen MR) is 149 cm³/mol. The molecule has 0 radical (unpaired) electrons. The van der Waals surface area contributed by atoms with Crippen molar-refractivity contribution in [3.63, 3.8) is 0 Å². The van der Waals surface area contributed by atoms with Crippen LogP contribution < -0.4 is 16.0 Å². The van der Waals surface area contributed by atoms with E-state index in [1.54, 1.807) is 16.7 Å². The summed E-state index contributed by atoms with van der Waals surface area (Å²) in [5, 5.41) is 0. The third-order valence-electron chi connectivity index (χ3n) is 6.05. The Balaban J connectivity index is 1.30. The second-order valence-electron chi connectivity index (χ2n) is 9.06. The summed E-state index contributed by atoms with van der Waals surface area (Å²) in [7, 11) is -2.70. The maximum absolute atomic E-state index is 14.4. The van der Waals surface area contributed by atoms with E-state index in [4.69, 9.17) is 33.7 Å². The number of benzene rings is 2. The molecule has 0 fully saturated rings. The quantitative estimate of drug-likeness (QED) is 0.163. The van der Waals surface area contributed by atoms with E-state index < -0.39 is 37.7 Å². The van der Waals surface area contributed by atoms with Gasteiger partial charge in [0.2, 0.25) is 5.95 Å². The van der Waals surface area contributed by atoms with Crippen LogP contribution in [0.3, 0.4) is 0 Å². The van der Waals surface area contributed by atoms with Gasteiger partial charge in [-0.25, -0.2) is 13.8 Å². The zero-order valence-electron chi connectivity index (χ0n) is 22.7. The van der Waals surface area contributed by atoms with Gasteiger partial charge in [-0.1, -0.05) is 12.1 Å². The molecule has 1 unspecified atom stereocenters. The number of nitrogens with one attached hydrogen (secondary N) is 1. The van der Waals surface area contributed by atoms with E-state index in [0.717, 1.165) is 0 Å². The third-order valence-corrected chi connectivity index (χ3v) is 7.59. The maximum Gasteiger partial charge on any atom is 0.356 e. The van der Waals surface area contributed by atoms with Crippen molar-refractivity contribution < 1.29 is 41.3 Å². The van der Waals surface area contributed by atoms with Gasteiger partial charge in [0, 0.05) is 12.1 Å². The van der Waals surface area contributed by atoms with Gasteiger partial charge in [0.15, 0.2) is 34.2 Å². The van der Waals surface area contributed by atoms with Crippen LogP contribution in [0, 0.1) is 11.6 Å². The lowest BCUT2D eigenvalue weighted by atomic mass is 10.1. The fourth-order valence-corrected chi connectivity index (χ4v) is 5.28. The first-order valence-corrected chi connectivity index (χ1v) is 14.4. The van der Waals surface area contributed by atoms with Gasteiger partial charge in [0.25, 0.3) is 11.5 Å². The van der Waals surface area contributed by atoms with Crippen LogP contribution in [0.1, 0.15) is 11.1 Å². The molecule has 1 aliphatic heterocycles. The number of anilines is 1. The fraction of sp³-hybridized carbons (Fsp3) is 0.222. The first-order valence-electron chi connectivity index (χ1n) is 12.7. The zero-order valence-corrected chi connectivity index (χ0v) is 23.6. The summed E-state index contributed by atoms with van der Waals surface area (Å²) in [5.41, 5.74) is 6.19. The maximum atomic E-state index is 14.4. The number of aromatic amines is 1. The lowest BCUT2D eigenvalue weighted by Gasteiger charge is -2.19. The number of aromatic nitrogens is 4. The number of hydrogen-bond donors (Lipinski definition) is 2. The van der Waals surface area contributed by atoms with Crippen LogP contribution in [0.4, 0.5) is 14.7 Å². The molecular formula is C27H26F2N5O8P. The molecule has 0 aliphatic carbocycles. The molecule has 3 heterocycles. The van der Waals surface area contributed by atoms with Gasteiger partial charge in [0.05, 0.1) is 26.7 Å². The van der Waals surface area contributed by atoms with Gasteiger partial charge in [-0.15, -0.1) is 0 Å². The van der Waals surface area contributed by atoms with E-state index in [1.807, 2.05) is 0 Å². The molecule has 13 nitrogen and oxygen atoms in total. The molecule has 0 saturated carbocycles. The minimum atomic E-state index is -4.04. The highest BCUT2D eigenvalue weighted by molar-refractivity contribution is 7.53. The van der Waals surface area contributed by atoms with E-state index in [-0.39, 0.29) is 60.1 Å². The average Bonchev–Trinajstić information content (AvgIpc) is 3.56. The number of rotatable bonds is 13. The standard InChI is InChI=1S/C27H26F2N5O8P/c1-16-41-22(24(42-16)18-6-7-21(37-2)20(29)11-18)13-40-43(36,39-12-17-4-3-5-19(28)10-17)15-38-9-8-34-14-31-23-25(34)32-27(30)33-26(23)35/h3-7,10-11,14H,1,8-9,12-13,15H2,2H3,(H3,30,32,33,35). The molecule has 3 N–H and O–H groups in total. The van der Waals surface area contributed by atoms with Gasteiger partial charge >= 0.3 is 7.60 Å². The number of halogens is 2. The van der Waals surface area contributed by atoms with Crippen molar-refractivity contribution >= 4 is 30.5 Å². The second-order valence-corrected chi connectivity index (χ2v) is 11.1. The number of nitrogens with two attached hydrogens (primary N) is 1. The number of nitrogen functional groups attached to an aromatic ring is 1. The second kappa shape index (κ2) is 12.8. The molecule has 5 rings (SSSR count). The topological polar surface area (TPSA) is 162 Å². The van der Waals surface area contributed by atoms with Crippen LogP contribution >= 0.6 is 7.60 Å². The van der Waals surface area contributed by atoms with Crippen molar-refractivity contribution in [1.82, 2.24) is 19.5 Å². The van der Waals surface area contributed by atoms with Crippen LogP contribution in [0.2, 0.25) is 0 Å². The summed E-state index contributed by atoms with van der Waals surface area (Å²) in [5.74, 6) is -1.12. The highest BCUT2D eigenvalue weighted by atomic mass is 31.2. The minimum Gasteiger partial charge on any atom is -0.494 e. The first kappa shape index (κ1) is 29.9. The summed E-state index contributed by atoms with van der Waals surface area (Å²) in [6, 6.07) is 9.69. The molecule has 0 saturated heterocycles. The largest absolute Gasteiger partial charge is 0.494 e. The number of imidazole rings is 1. The Hall–Kier alpha value is -4.56. The van der Waals surface area contributed by atoms with Crippen molar-refractivity contribution in [1.29, 1.82) is 0 Å². The highest BCUT2D eigenvalue weighted by Gasteiger charge is 2.31. The predicted octanol–water partition coefficient (Wildman–Crippen LogP) is 4.28. The Labute approximate surface area is 243 Å². The molecule has 0 amide bonds. The Bertz CT molecular complexity index is 1810. The lowest BCUT2D eigenvalue weighted by molar-refractivity contribution is 0.114. The van der Waals surface area contributed by atoms with Crippen molar-refractivity contribution in [2.45, 2.75) is 13.2 Å². The molecule has 43 heavy (non-hydrogen) atoms. The number of nitrogens with zero attached hydrogens (tertiary/aromatic N) is 3. The number of methoxy groups -OCH3 is 1. The molecule has 1 aliphatic rings. The molecule has 2 aromatic carbocycles. The Morgan fingerprint density at radius 2 is 1.95 bits per heavy atom. The number of hydrogen-bond acceptors (Lipinski definition) is 11. The van der Waals surface area contributed by atoms with E-state index >= 15 is 0 Å². The van der Waals surface area contributed by atoms with Gasteiger partial charge in [-0.3, -0.25) is 18.9 Å². The lowest BCUT2D eigenvalue weighted by Crippen LogP contribution is -2.13. The number of fused-ring (bicyclic) bond motifs is 1. The summed E-state index contributed by atoms with van der Waals surface area (Å²) < 4.78 is 76.3. The van der Waals surface area contributed by atoms with Crippen LogP contribution in [0.5, 0.6) is 5.75 Å². The first-order chi connectivity index (χ1) is 20.6. The van der Waals surface area contributed by atoms with Crippen molar-refractivity contribution in [3.8, 4) is 5.75 Å². The van der Waals surface area contributed by atoms with Gasteiger partial charge in [-0.05, 0) is 42.5 Å². The summed E-state index contributed by atoms with van der Waals surface area (Å²) in [4.78, 5) is 22.5. The zero-order chi connectivity index (χ0) is 30.6. The Morgan fingerprint density at radius 1 is 1.14 bits per heavy atom. The molecule has 4 aromatic rings. The SMILES string of the molecule is C=C1OC(COP(=O)(COCCn2cnc3c(=O)[nH]c(N)nc32)OCc2cccc(F)c2)=C(c2ccc(OC)c(F)c2)O1. The molecular weight excluding hydrogens is 591 g/mol. The average molecular weight is 618 g/mol. The number of ether oxygens (including phenoxy) is 4. The summed E-state index contributed by atoms with van der Waals surface area (Å²) >= 11 is 0. The highest BCUT2D eigenvalue weighted by Crippen LogP contribution is 2.50. The van der Waals surface area contributed by atoms with Crippen LogP contribution in [-0.4, -0.2) is 46.2 Å². The summed E-state index contributed by atoms with van der Waals surface area (Å²) in [6.07, 6.45) is 0.888. The molecule has 0 bridgehead atoms. The van der Waals surface area contributed by atoms with E-state index in [2.05, 4.69) is 21.5 Å². The van der Waals surface area contributed by atoms with Crippen molar-refractivity contribution in [2.24, 2.45) is 0 Å². The van der Waals surface area contributed by atoms with Gasteiger partial charge < -0.3 is 33.8 Å². The summed E-state index contributed by atoms with van der Waals surface area (Å²) in [6.45, 7) is 3.10. The normalized spacial score (nSPS) is 14.5. The molecule has 16 heteroatoms. The Kier molecular flexibility index (Phi) is 8.87. The molecule has 1 atom stereocenters. The van der Waals surface area contributed by atoms with E-state index in [1.165, 1.54) is 43.8 Å². The monoisotopic (exact) mass is 617 g/mol. The number of H-pyrrole nitrogens is 1. The minimum absolute atomic E-state index is 0.00793. The van der Waals surface area contributed by atoms with E-state index in [0.29, 0.717) is 11.1 Å². The van der Waals surface area contributed by atoms with E-state index in [9.17, 15) is 18.1 Å². The Morgan fingerprint density at radius 3 is 2.72 bits per heavy atom. The van der Waals surface area contributed by atoms with Crippen LogP contribution in [0.15, 0.2) is 71.9 Å². The van der Waals surface area contributed by atoms with Crippen LogP contribution in [0.25, 0.3) is 16.9 Å². The van der Waals surface area contributed by atoms with Crippen molar-refractivity contribution in [3.05, 3.63) is 100 Å². The van der Waals surface area contributed by atoms with Crippen molar-refractivity contribution in [2.75, 3.05) is 32.4 Å². The smallest absolute Gasteiger partial charge is 0.356 e. The van der Waals surface area contributed by atoms with Gasteiger partial charge in [0.1, 0.15) is 18.8 Å².